The van der Waals surface area contributed by atoms with Crippen LogP contribution in [0.2, 0.25) is 0 Å². The van der Waals surface area contributed by atoms with Crippen LogP contribution in [0.4, 0.5) is 17.6 Å². The molecule has 0 saturated carbocycles. The van der Waals surface area contributed by atoms with E-state index < -0.39 is 11.7 Å². The zero-order valence-electron chi connectivity index (χ0n) is 20.4. The molecule has 194 valence electrons. The van der Waals surface area contributed by atoms with Crippen molar-refractivity contribution in [1.82, 2.24) is 10.1 Å². The highest BCUT2D eigenvalue weighted by molar-refractivity contribution is 5.73. The van der Waals surface area contributed by atoms with E-state index in [0.717, 1.165) is 25.3 Å². The molecular formula is C26H30F4N4O2. The van der Waals surface area contributed by atoms with Crippen molar-refractivity contribution in [3.05, 3.63) is 71.4 Å². The second-order valence-corrected chi connectivity index (χ2v) is 8.16. The number of nitrogens with zero attached hydrogens (tertiary/aromatic N) is 2. The van der Waals surface area contributed by atoms with Gasteiger partial charge in [0.25, 0.3) is 0 Å². The van der Waals surface area contributed by atoms with Crippen molar-refractivity contribution in [3.63, 3.8) is 0 Å². The Balaban J connectivity index is 0.00000106. The van der Waals surface area contributed by atoms with Crippen molar-refractivity contribution >= 4 is 11.9 Å². The lowest BCUT2D eigenvalue weighted by molar-refractivity contribution is -0.138. The molecule has 0 aliphatic rings. The monoisotopic (exact) mass is 506 g/mol. The van der Waals surface area contributed by atoms with Crippen LogP contribution in [0.5, 0.6) is 5.75 Å². The second kappa shape index (κ2) is 13.4. The molecule has 0 bridgehead atoms. The van der Waals surface area contributed by atoms with Gasteiger partial charge in [0.2, 0.25) is 11.7 Å². The fourth-order valence-corrected chi connectivity index (χ4v) is 3.10. The molecule has 1 atom stereocenters. The van der Waals surface area contributed by atoms with E-state index in [4.69, 9.17) is 20.4 Å². The number of benzene rings is 2. The average molecular weight is 507 g/mol. The lowest BCUT2D eigenvalue weighted by atomic mass is 10.0. The lowest BCUT2D eigenvalue weighted by Gasteiger charge is -2.14. The number of rotatable bonds is 9. The Morgan fingerprint density at radius 3 is 2.47 bits per heavy atom. The van der Waals surface area contributed by atoms with E-state index in [0.29, 0.717) is 11.5 Å². The molecule has 6 nitrogen and oxygen atoms in total. The minimum absolute atomic E-state index is 0.0359. The van der Waals surface area contributed by atoms with Crippen LogP contribution in [-0.2, 0) is 6.18 Å². The molecule has 3 rings (SSSR count). The third-order valence-corrected chi connectivity index (χ3v) is 4.91. The summed E-state index contributed by atoms with van der Waals surface area (Å²) in [6, 6.07) is 9.41. The summed E-state index contributed by atoms with van der Waals surface area (Å²) < 4.78 is 64.4. The maximum Gasteiger partial charge on any atom is 0.419 e. The van der Waals surface area contributed by atoms with E-state index in [1.807, 2.05) is 6.92 Å². The molecule has 2 aromatic carbocycles. The molecule has 3 aromatic rings. The Morgan fingerprint density at radius 1 is 1.19 bits per heavy atom. The van der Waals surface area contributed by atoms with Gasteiger partial charge in [0.15, 0.2) is 0 Å². The van der Waals surface area contributed by atoms with E-state index in [1.54, 1.807) is 24.3 Å². The molecule has 0 unspecified atom stereocenters. The maximum atomic E-state index is 13.6. The van der Waals surface area contributed by atoms with Crippen molar-refractivity contribution in [2.75, 3.05) is 6.61 Å². The molecule has 0 amide bonds. The molecule has 36 heavy (non-hydrogen) atoms. The van der Waals surface area contributed by atoms with Crippen LogP contribution in [0.3, 0.4) is 0 Å². The zero-order chi connectivity index (χ0) is 26.7. The lowest BCUT2D eigenvalue weighted by Crippen LogP contribution is -2.09. The number of nitrogens with one attached hydrogen (secondary N) is 1. The van der Waals surface area contributed by atoms with Gasteiger partial charge < -0.3 is 15.0 Å². The summed E-state index contributed by atoms with van der Waals surface area (Å²) in [5.41, 5.74) is 4.68. The number of unbranched alkanes of at least 4 members (excludes halogenated alkanes) is 1. The van der Waals surface area contributed by atoms with Crippen molar-refractivity contribution in [3.8, 4) is 17.1 Å². The van der Waals surface area contributed by atoms with E-state index in [9.17, 15) is 17.6 Å². The first-order chi connectivity index (χ1) is 17.0. The standard InChI is InChI=1S/C24H24F4N2O2.C2H6N2/c1-3-4-6-16(2)23-29-22(30-32-23)18-10-13-21(20(15-18)24(26,27)28)31-14-5-7-17-8-11-19(25)12-9-17;1-2(3)4/h5,7-13,15-16H,3-4,6,14H2,1-2H3;1H3,(H3,3,4)/b7-5+;/t16-;/m0./s1. The van der Waals surface area contributed by atoms with Gasteiger partial charge in [0.1, 0.15) is 18.2 Å². The number of hydrogen-bond acceptors (Lipinski definition) is 5. The summed E-state index contributed by atoms with van der Waals surface area (Å²) in [6.45, 7) is 5.47. The smallest absolute Gasteiger partial charge is 0.419 e. The van der Waals surface area contributed by atoms with Gasteiger partial charge in [0, 0.05) is 11.5 Å². The minimum Gasteiger partial charge on any atom is -0.489 e. The number of alkyl halides is 3. The SMILES string of the molecule is CC(=N)N.CCCC[C@H](C)c1nc(-c2ccc(OC/C=C/c3ccc(F)cc3)c(C(F)(F)F)c2)no1. The van der Waals surface area contributed by atoms with Crippen molar-refractivity contribution in [1.29, 1.82) is 5.41 Å². The Kier molecular flexibility index (Phi) is 10.6. The van der Waals surface area contributed by atoms with Gasteiger partial charge in [0.05, 0.1) is 11.4 Å². The number of nitrogens with two attached hydrogens (primary N) is 1. The molecule has 0 saturated heterocycles. The summed E-state index contributed by atoms with van der Waals surface area (Å²) in [5.74, 6) is 0.0566. The van der Waals surface area contributed by atoms with Crippen molar-refractivity contribution < 1.29 is 26.8 Å². The summed E-state index contributed by atoms with van der Waals surface area (Å²) in [7, 11) is 0. The molecule has 0 fully saturated rings. The van der Waals surface area contributed by atoms with E-state index in [1.165, 1.54) is 31.2 Å². The van der Waals surface area contributed by atoms with Gasteiger partial charge in [-0.25, -0.2) is 4.39 Å². The Bertz CT molecular complexity index is 1140. The highest BCUT2D eigenvalue weighted by atomic mass is 19.4. The molecule has 1 heterocycles. The number of ether oxygens (including phenoxy) is 1. The Hall–Kier alpha value is -3.69. The number of hydrogen-bond donors (Lipinski definition) is 2. The van der Waals surface area contributed by atoms with Gasteiger partial charge in [-0.1, -0.05) is 50.1 Å². The second-order valence-electron chi connectivity index (χ2n) is 8.16. The summed E-state index contributed by atoms with van der Waals surface area (Å²) >= 11 is 0. The fraction of sp³-hybridized carbons (Fsp3) is 0.346. The Morgan fingerprint density at radius 2 is 1.86 bits per heavy atom. The highest BCUT2D eigenvalue weighted by Crippen LogP contribution is 2.38. The number of aromatic nitrogens is 2. The van der Waals surface area contributed by atoms with E-state index in [2.05, 4.69) is 17.1 Å². The molecular weight excluding hydrogens is 476 g/mol. The zero-order valence-corrected chi connectivity index (χ0v) is 20.4. The molecule has 10 heteroatoms. The van der Waals surface area contributed by atoms with Gasteiger partial charge >= 0.3 is 6.18 Å². The minimum atomic E-state index is -4.62. The molecule has 1 aromatic heterocycles. The first kappa shape index (κ1) is 28.5. The van der Waals surface area contributed by atoms with Crippen LogP contribution in [0.1, 0.15) is 63.0 Å². The normalized spacial score (nSPS) is 12.2. The van der Waals surface area contributed by atoms with Crippen LogP contribution < -0.4 is 10.5 Å². The van der Waals surface area contributed by atoms with Crippen LogP contribution in [-0.4, -0.2) is 22.6 Å². The number of amidine groups is 1. The van der Waals surface area contributed by atoms with E-state index in [-0.39, 0.29) is 41.3 Å². The predicted octanol–water partition coefficient (Wildman–Crippen LogP) is 7.22. The highest BCUT2D eigenvalue weighted by Gasteiger charge is 2.35. The van der Waals surface area contributed by atoms with Gasteiger partial charge in [-0.05, 0) is 55.3 Å². The third-order valence-electron chi connectivity index (χ3n) is 4.91. The fourth-order valence-electron chi connectivity index (χ4n) is 3.10. The van der Waals surface area contributed by atoms with Gasteiger partial charge in [-0.15, -0.1) is 0 Å². The summed E-state index contributed by atoms with van der Waals surface area (Å²) in [5, 5.41) is 10.1. The summed E-state index contributed by atoms with van der Waals surface area (Å²) in [4.78, 5) is 4.28. The van der Waals surface area contributed by atoms with Crippen LogP contribution in [0.15, 0.2) is 53.1 Å². The average Bonchev–Trinajstić information content (AvgIpc) is 3.31. The largest absolute Gasteiger partial charge is 0.489 e. The summed E-state index contributed by atoms with van der Waals surface area (Å²) in [6.07, 6.45) is 1.47. The predicted molar refractivity (Wildman–Crippen MR) is 131 cm³/mol. The van der Waals surface area contributed by atoms with E-state index >= 15 is 0 Å². The number of halogens is 4. The molecule has 3 N–H and O–H groups in total. The van der Waals surface area contributed by atoms with Gasteiger partial charge in [-0.3, -0.25) is 5.41 Å². The quantitative estimate of drug-likeness (QED) is 0.181. The van der Waals surface area contributed by atoms with Crippen LogP contribution >= 0.6 is 0 Å². The molecule has 0 aliphatic carbocycles. The molecule has 0 radical (unpaired) electrons. The molecule has 0 aliphatic heterocycles. The Labute approximate surface area is 207 Å². The topological polar surface area (TPSA) is 98.0 Å². The van der Waals surface area contributed by atoms with Gasteiger partial charge in [-0.2, -0.15) is 18.2 Å². The first-order valence-corrected chi connectivity index (χ1v) is 11.4. The molecule has 0 spiro atoms. The first-order valence-electron chi connectivity index (χ1n) is 11.4. The van der Waals surface area contributed by atoms with Crippen molar-refractivity contribution in [2.45, 2.75) is 52.1 Å². The van der Waals surface area contributed by atoms with Crippen LogP contribution in [0, 0.1) is 11.2 Å². The maximum absolute atomic E-state index is 13.6. The van der Waals surface area contributed by atoms with Crippen molar-refractivity contribution in [2.24, 2.45) is 5.73 Å². The van der Waals surface area contributed by atoms with Crippen LogP contribution in [0.25, 0.3) is 17.5 Å². The third kappa shape index (κ3) is 9.16.